The lowest BCUT2D eigenvalue weighted by Gasteiger charge is -2.10. The standard InChI is InChI=1S/C14H10ClF2NO2S/c1-7-4-10(16)11(17)6-12(7)18-14(19)8-2-3-9(15)13(5-8)21-20/h2-6,20H,1H3,(H,18,19). The molecule has 0 saturated heterocycles. The molecule has 21 heavy (non-hydrogen) atoms. The fourth-order valence-corrected chi connectivity index (χ4v) is 2.25. The Labute approximate surface area is 129 Å². The summed E-state index contributed by atoms with van der Waals surface area (Å²) >= 11 is 6.24. The van der Waals surface area contributed by atoms with Gasteiger partial charge in [-0.1, -0.05) is 11.6 Å². The first-order valence-electron chi connectivity index (χ1n) is 5.80. The van der Waals surface area contributed by atoms with Gasteiger partial charge in [-0.25, -0.2) is 8.78 Å². The summed E-state index contributed by atoms with van der Waals surface area (Å²) in [4.78, 5) is 12.4. The Morgan fingerprint density at radius 2 is 1.90 bits per heavy atom. The number of carbonyl (C=O) groups is 1. The predicted octanol–water partition coefficient (Wildman–Crippen LogP) is 4.74. The topological polar surface area (TPSA) is 49.3 Å². The highest BCUT2D eigenvalue weighted by molar-refractivity contribution is 7.93. The van der Waals surface area contributed by atoms with Crippen LogP contribution in [0, 0.1) is 18.6 Å². The van der Waals surface area contributed by atoms with Crippen LogP contribution < -0.4 is 5.32 Å². The van der Waals surface area contributed by atoms with Crippen molar-refractivity contribution in [3.63, 3.8) is 0 Å². The molecule has 0 bridgehead atoms. The maximum absolute atomic E-state index is 13.2. The Morgan fingerprint density at radius 3 is 2.57 bits per heavy atom. The number of benzene rings is 2. The van der Waals surface area contributed by atoms with E-state index in [2.05, 4.69) is 5.32 Å². The third-order valence-electron chi connectivity index (χ3n) is 2.81. The van der Waals surface area contributed by atoms with Gasteiger partial charge in [0.2, 0.25) is 0 Å². The summed E-state index contributed by atoms with van der Waals surface area (Å²) in [5.74, 6) is -2.54. The molecule has 0 aliphatic heterocycles. The van der Waals surface area contributed by atoms with Crippen LogP contribution in [0.15, 0.2) is 35.2 Å². The monoisotopic (exact) mass is 329 g/mol. The highest BCUT2D eigenvalue weighted by atomic mass is 35.5. The van der Waals surface area contributed by atoms with E-state index in [0.717, 1.165) is 12.1 Å². The molecule has 7 heteroatoms. The van der Waals surface area contributed by atoms with Crippen LogP contribution in [0.2, 0.25) is 5.02 Å². The summed E-state index contributed by atoms with van der Waals surface area (Å²) in [7, 11) is 0. The van der Waals surface area contributed by atoms with E-state index < -0.39 is 17.5 Å². The summed E-state index contributed by atoms with van der Waals surface area (Å²) in [6.07, 6.45) is 0. The zero-order valence-corrected chi connectivity index (χ0v) is 12.4. The van der Waals surface area contributed by atoms with Crippen LogP contribution in [0.3, 0.4) is 0 Å². The van der Waals surface area contributed by atoms with Crippen LogP contribution in [0.25, 0.3) is 0 Å². The molecule has 2 N–H and O–H groups in total. The molecule has 0 aliphatic rings. The van der Waals surface area contributed by atoms with Crippen LogP contribution in [0.4, 0.5) is 14.5 Å². The molecule has 0 heterocycles. The predicted molar refractivity (Wildman–Crippen MR) is 79.0 cm³/mol. The molecule has 0 aliphatic carbocycles. The van der Waals surface area contributed by atoms with E-state index in [-0.39, 0.29) is 11.3 Å². The molecule has 0 atom stereocenters. The van der Waals surface area contributed by atoms with Crippen LogP contribution in [-0.2, 0) is 0 Å². The molecule has 2 aromatic rings. The van der Waals surface area contributed by atoms with Gasteiger partial charge in [0, 0.05) is 29.4 Å². The van der Waals surface area contributed by atoms with Crippen molar-refractivity contribution in [2.24, 2.45) is 0 Å². The van der Waals surface area contributed by atoms with Gasteiger partial charge in [-0.05, 0) is 36.8 Å². The van der Waals surface area contributed by atoms with E-state index >= 15 is 0 Å². The van der Waals surface area contributed by atoms with Gasteiger partial charge < -0.3 is 9.87 Å². The lowest BCUT2D eigenvalue weighted by Crippen LogP contribution is -2.13. The zero-order chi connectivity index (χ0) is 15.6. The van der Waals surface area contributed by atoms with Crippen molar-refractivity contribution in [1.29, 1.82) is 0 Å². The Balaban J connectivity index is 2.28. The van der Waals surface area contributed by atoms with Gasteiger partial charge in [0.1, 0.15) is 0 Å². The van der Waals surface area contributed by atoms with Crippen molar-refractivity contribution in [1.82, 2.24) is 0 Å². The van der Waals surface area contributed by atoms with Gasteiger partial charge in [0.15, 0.2) is 11.6 Å². The Bertz CT molecular complexity index is 710. The molecule has 3 nitrogen and oxygen atoms in total. The minimum Gasteiger partial charge on any atom is -0.325 e. The summed E-state index contributed by atoms with van der Waals surface area (Å²) in [5, 5.41) is 2.79. The molecule has 110 valence electrons. The second-order valence-electron chi connectivity index (χ2n) is 4.27. The molecule has 0 unspecified atom stereocenters. The average Bonchev–Trinajstić information content (AvgIpc) is 2.45. The molecule has 2 aromatic carbocycles. The number of hydrogen-bond acceptors (Lipinski definition) is 3. The highest BCUT2D eigenvalue weighted by Gasteiger charge is 2.13. The second-order valence-corrected chi connectivity index (χ2v) is 5.30. The Kier molecular flexibility index (Phi) is 4.82. The fraction of sp³-hybridized carbons (Fsp3) is 0.0714. The van der Waals surface area contributed by atoms with Gasteiger partial charge >= 0.3 is 0 Å². The third kappa shape index (κ3) is 3.53. The van der Waals surface area contributed by atoms with Crippen molar-refractivity contribution in [3.8, 4) is 0 Å². The van der Waals surface area contributed by atoms with E-state index in [1.165, 1.54) is 18.2 Å². The largest absolute Gasteiger partial charge is 0.325 e. The van der Waals surface area contributed by atoms with E-state index in [1.807, 2.05) is 0 Å². The van der Waals surface area contributed by atoms with Crippen molar-refractivity contribution >= 4 is 35.2 Å². The minimum absolute atomic E-state index is 0.173. The molecule has 0 fully saturated rings. The van der Waals surface area contributed by atoms with Crippen LogP contribution >= 0.6 is 23.6 Å². The smallest absolute Gasteiger partial charge is 0.255 e. The van der Waals surface area contributed by atoms with Crippen LogP contribution in [0.1, 0.15) is 15.9 Å². The van der Waals surface area contributed by atoms with E-state index in [4.69, 9.17) is 16.2 Å². The number of rotatable bonds is 3. The summed E-state index contributed by atoms with van der Waals surface area (Å²) in [6, 6.07) is 6.25. The van der Waals surface area contributed by atoms with Crippen molar-refractivity contribution in [2.45, 2.75) is 11.8 Å². The first-order valence-corrected chi connectivity index (χ1v) is 6.95. The van der Waals surface area contributed by atoms with E-state index in [9.17, 15) is 13.6 Å². The minimum atomic E-state index is -1.04. The summed E-state index contributed by atoms with van der Waals surface area (Å²) in [5.41, 5.74) is 0.806. The van der Waals surface area contributed by atoms with Crippen molar-refractivity contribution < 1.29 is 18.1 Å². The van der Waals surface area contributed by atoms with Gasteiger partial charge in [-0.2, -0.15) is 0 Å². The molecule has 0 radical (unpaired) electrons. The Hall–Kier alpha value is -1.63. The summed E-state index contributed by atoms with van der Waals surface area (Å²) in [6.45, 7) is 1.55. The Morgan fingerprint density at radius 1 is 1.24 bits per heavy atom. The van der Waals surface area contributed by atoms with Crippen LogP contribution in [0.5, 0.6) is 0 Å². The van der Waals surface area contributed by atoms with Crippen LogP contribution in [-0.4, -0.2) is 10.5 Å². The van der Waals surface area contributed by atoms with E-state index in [1.54, 1.807) is 6.92 Å². The van der Waals surface area contributed by atoms with Gasteiger partial charge in [0.25, 0.3) is 5.91 Å². The quantitative estimate of drug-likeness (QED) is 0.799. The normalized spacial score (nSPS) is 10.5. The number of nitrogens with one attached hydrogen (secondary N) is 1. The van der Waals surface area contributed by atoms with Gasteiger partial charge in [0.05, 0.1) is 9.92 Å². The molecule has 0 spiro atoms. The highest BCUT2D eigenvalue weighted by Crippen LogP contribution is 2.26. The number of hydrogen-bond donors (Lipinski definition) is 2. The molecule has 0 aromatic heterocycles. The molecular weight excluding hydrogens is 320 g/mol. The lowest BCUT2D eigenvalue weighted by molar-refractivity contribution is 0.102. The first-order chi connectivity index (χ1) is 9.92. The second kappa shape index (κ2) is 6.43. The maximum atomic E-state index is 13.2. The number of aryl methyl sites for hydroxylation is 1. The molecular formula is C14H10ClF2NO2S. The third-order valence-corrected chi connectivity index (χ3v) is 3.78. The number of carbonyl (C=O) groups excluding carboxylic acids is 1. The summed E-state index contributed by atoms with van der Waals surface area (Å²) < 4.78 is 35.3. The molecule has 1 amide bonds. The zero-order valence-electron chi connectivity index (χ0n) is 10.8. The SMILES string of the molecule is Cc1cc(F)c(F)cc1NC(=O)c1ccc(Cl)c(SO)c1. The first kappa shape index (κ1) is 15.8. The van der Waals surface area contributed by atoms with E-state index in [0.29, 0.717) is 27.5 Å². The average molecular weight is 330 g/mol. The number of amides is 1. The van der Waals surface area contributed by atoms with Crippen molar-refractivity contribution in [3.05, 3.63) is 58.1 Å². The molecule has 2 rings (SSSR count). The van der Waals surface area contributed by atoms with Crippen molar-refractivity contribution in [2.75, 3.05) is 5.32 Å². The molecule has 0 saturated carbocycles. The van der Waals surface area contributed by atoms with Gasteiger partial charge in [-0.15, -0.1) is 0 Å². The number of halogens is 3. The fourth-order valence-electron chi connectivity index (χ4n) is 1.69. The number of anilines is 1. The van der Waals surface area contributed by atoms with Gasteiger partial charge in [-0.3, -0.25) is 4.79 Å². The maximum Gasteiger partial charge on any atom is 0.255 e. The lowest BCUT2D eigenvalue weighted by atomic mass is 10.1.